The molecule has 0 fully saturated rings. The third-order valence-corrected chi connectivity index (χ3v) is 4.27. The monoisotopic (exact) mass is 351 g/mol. The molecule has 0 amide bonds. The molecule has 0 saturated carbocycles. The van der Waals surface area contributed by atoms with Crippen molar-refractivity contribution >= 4 is 37.6 Å². The number of methoxy groups -OCH3 is 1. The van der Waals surface area contributed by atoms with Crippen molar-refractivity contribution in [1.82, 2.24) is 0 Å². The van der Waals surface area contributed by atoms with E-state index in [9.17, 15) is 13.2 Å². The number of carboxylic acid groups (broad SMARTS) is 1. The number of carboxylic acids is 1. The third kappa shape index (κ3) is 4.81. The number of hydrogen-bond acceptors (Lipinski definition) is 4. The number of halogens is 1. The van der Waals surface area contributed by atoms with Crippen molar-refractivity contribution in [2.24, 2.45) is 0 Å². The number of benzene rings is 1. The van der Waals surface area contributed by atoms with Gasteiger partial charge in [0.05, 0.1) is 17.0 Å². The minimum atomic E-state index is -3.61. The van der Waals surface area contributed by atoms with Crippen LogP contribution in [0.2, 0.25) is 0 Å². The van der Waals surface area contributed by atoms with Crippen LogP contribution < -0.4 is 4.72 Å². The van der Waals surface area contributed by atoms with Crippen LogP contribution in [0.25, 0.3) is 0 Å². The number of hydrogen-bond donors (Lipinski definition) is 2. The molecule has 0 saturated heterocycles. The minimum Gasteiger partial charge on any atom is -0.478 e. The molecule has 0 bridgehead atoms. The molecule has 8 heteroatoms. The second-order valence-corrected chi connectivity index (χ2v) is 6.43. The second kappa shape index (κ2) is 6.88. The molecule has 0 unspecified atom stereocenters. The predicted molar refractivity (Wildman–Crippen MR) is 75.0 cm³/mol. The summed E-state index contributed by atoms with van der Waals surface area (Å²) < 4.78 is 31.1. The van der Waals surface area contributed by atoms with E-state index in [0.717, 1.165) is 0 Å². The van der Waals surface area contributed by atoms with E-state index in [-0.39, 0.29) is 17.0 Å². The van der Waals surface area contributed by atoms with Crippen LogP contribution in [0.4, 0.5) is 5.69 Å². The van der Waals surface area contributed by atoms with E-state index < -0.39 is 16.0 Å². The molecule has 1 aromatic rings. The Balaban J connectivity index is 2.95. The van der Waals surface area contributed by atoms with Crippen molar-refractivity contribution in [3.05, 3.63) is 28.2 Å². The molecular weight excluding hydrogens is 338 g/mol. The molecule has 1 rings (SSSR count). The average Bonchev–Trinajstić information content (AvgIpc) is 2.31. The Morgan fingerprint density at radius 3 is 2.74 bits per heavy atom. The molecule has 0 aliphatic heterocycles. The molecule has 19 heavy (non-hydrogen) atoms. The SMILES string of the molecule is COCCCS(=O)(=O)Nc1c(Br)cccc1C(=O)O. The molecule has 0 radical (unpaired) electrons. The van der Waals surface area contributed by atoms with Gasteiger partial charge in [-0.1, -0.05) is 6.07 Å². The summed E-state index contributed by atoms with van der Waals surface area (Å²) in [5, 5.41) is 9.03. The lowest BCUT2D eigenvalue weighted by Gasteiger charge is -2.12. The van der Waals surface area contributed by atoms with E-state index in [4.69, 9.17) is 9.84 Å². The Bertz CT molecular complexity index is 558. The van der Waals surface area contributed by atoms with Crippen molar-refractivity contribution < 1.29 is 23.1 Å². The van der Waals surface area contributed by atoms with Crippen LogP contribution in [0.15, 0.2) is 22.7 Å². The van der Waals surface area contributed by atoms with Crippen molar-refractivity contribution in [2.75, 3.05) is 24.2 Å². The zero-order valence-corrected chi connectivity index (χ0v) is 12.6. The van der Waals surface area contributed by atoms with Crippen LogP contribution in [0.5, 0.6) is 0 Å². The first kappa shape index (κ1) is 15.9. The van der Waals surface area contributed by atoms with E-state index in [2.05, 4.69) is 20.7 Å². The summed E-state index contributed by atoms with van der Waals surface area (Å²) >= 11 is 3.13. The van der Waals surface area contributed by atoms with Gasteiger partial charge in [-0.25, -0.2) is 13.2 Å². The number of para-hydroxylation sites is 1. The lowest BCUT2D eigenvalue weighted by molar-refractivity contribution is 0.0698. The number of sulfonamides is 1. The van der Waals surface area contributed by atoms with Crippen LogP contribution in [0.3, 0.4) is 0 Å². The Morgan fingerprint density at radius 2 is 2.16 bits per heavy atom. The molecule has 0 aromatic heterocycles. The zero-order valence-electron chi connectivity index (χ0n) is 10.2. The van der Waals surface area contributed by atoms with Gasteiger partial charge in [0.15, 0.2) is 0 Å². The summed E-state index contributed by atoms with van der Waals surface area (Å²) in [5.41, 5.74) is -0.0721. The average molecular weight is 352 g/mol. The Hall–Kier alpha value is -1.12. The van der Waals surface area contributed by atoms with E-state index in [1.54, 1.807) is 6.07 Å². The lowest BCUT2D eigenvalue weighted by Crippen LogP contribution is -2.19. The standard InChI is InChI=1S/C11H14BrNO5S/c1-18-6-3-7-19(16,17)13-10-8(11(14)15)4-2-5-9(10)12/h2,4-5,13H,3,6-7H2,1H3,(H,14,15). The summed E-state index contributed by atoms with van der Waals surface area (Å²) in [4.78, 5) is 11.0. The van der Waals surface area contributed by atoms with Crippen LogP contribution in [0, 0.1) is 0 Å². The van der Waals surface area contributed by atoms with E-state index >= 15 is 0 Å². The molecule has 0 atom stereocenters. The molecule has 106 valence electrons. The molecule has 0 aliphatic rings. The van der Waals surface area contributed by atoms with Crippen molar-refractivity contribution in [1.29, 1.82) is 0 Å². The largest absolute Gasteiger partial charge is 0.478 e. The molecule has 0 heterocycles. The van der Waals surface area contributed by atoms with Gasteiger partial charge in [-0.3, -0.25) is 4.72 Å². The van der Waals surface area contributed by atoms with E-state index in [1.165, 1.54) is 19.2 Å². The van der Waals surface area contributed by atoms with Gasteiger partial charge >= 0.3 is 5.97 Å². The molecule has 2 N–H and O–H groups in total. The molecule has 0 spiro atoms. The smallest absolute Gasteiger partial charge is 0.337 e. The fourth-order valence-electron chi connectivity index (χ4n) is 1.41. The first-order valence-corrected chi connectivity index (χ1v) is 7.83. The Kier molecular flexibility index (Phi) is 5.77. The first-order chi connectivity index (χ1) is 8.87. The minimum absolute atomic E-state index is 0.0346. The summed E-state index contributed by atoms with van der Waals surface area (Å²) in [6.45, 7) is 0.322. The van der Waals surface area contributed by atoms with Crippen LogP contribution in [-0.4, -0.2) is 39.0 Å². The summed E-state index contributed by atoms with van der Waals surface area (Å²) in [5.74, 6) is -1.34. The van der Waals surface area contributed by atoms with Gasteiger partial charge in [-0.2, -0.15) is 0 Å². The van der Waals surface area contributed by atoms with Crippen molar-refractivity contribution in [3.63, 3.8) is 0 Å². The number of ether oxygens (including phenoxy) is 1. The van der Waals surface area contributed by atoms with Crippen molar-refractivity contribution in [2.45, 2.75) is 6.42 Å². The van der Waals surface area contributed by atoms with Gasteiger partial charge < -0.3 is 9.84 Å². The zero-order chi connectivity index (χ0) is 14.5. The summed E-state index contributed by atoms with van der Waals surface area (Å²) in [6.07, 6.45) is 0.332. The topological polar surface area (TPSA) is 92.7 Å². The van der Waals surface area contributed by atoms with Crippen LogP contribution >= 0.6 is 15.9 Å². The van der Waals surface area contributed by atoms with E-state index in [1.807, 2.05) is 0 Å². The highest BCUT2D eigenvalue weighted by Crippen LogP contribution is 2.27. The van der Waals surface area contributed by atoms with Gasteiger partial charge in [0.2, 0.25) is 10.0 Å². The highest BCUT2D eigenvalue weighted by Gasteiger charge is 2.18. The maximum absolute atomic E-state index is 11.8. The maximum atomic E-state index is 11.8. The fraction of sp³-hybridized carbons (Fsp3) is 0.364. The number of nitrogens with one attached hydrogen (secondary N) is 1. The highest BCUT2D eigenvalue weighted by molar-refractivity contribution is 9.10. The Morgan fingerprint density at radius 1 is 1.47 bits per heavy atom. The van der Waals surface area contributed by atoms with Crippen LogP contribution in [0.1, 0.15) is 16.8 Å². The number of anilines is 1. The van der Waals surface area contributed by atoms with Gasteiger partial charge in [0.25, 0.3) is 0 Å². The lowest BCUT2D eigenvalue weighted by atomic mass is 10.2. The van der Waals surface area contributed by atoms with Gasteiger partial charge in [0.1, 0.15) is 0 Å². The number of carbonyl (C=O) groups is 1. The first-order valence-electron chi connectivity index (χ1n) is 5.38. The van der Waals surface area contributed by atoms with Gasteiger partial charge in [0, 0.05) is 18.2 Å². The normalized spacial score (nSPS) is 11.3. The molecule has 0 aliphatic carbocycles. The summed E-state index contributed by atoms with van der Waals surface area (Å²) in [6, 6.07) is 4.43. The maximum Gasteiger partial charge on any atom is 0.337 e. The third-order valence-electron chi connectivity index (χ3n) is 2.26. The summed E-state index contributed by atoms with van der Waals surface area (Å²) in [7, 11) is -2.13. The second-order valence-electron chi connectivity index (χ2n) is 3.73. The van der Waals surface area contributed by atoms with Gasteiger partial charge in [-0.05, 0) is 34.5 Å². The fourth-order valence-corrected chi connectivity index (χ4v) is 3.13. The number of rotatable bonds is 7. The highest BCUT2D eigenvalue weighted by atomic mass is 79.9. The predicted octanol–water partition coefficient (Wildman–Crippen LogP) is 1.93. The number of aromatic carboxylic acids is 1. The van der Waals surface area contributed by atoms with E-state index in [0.29, 0.717) is 17.5 Å². The Labute approximate surface area is 120 Å². The quantitative estimate of drug-likeness (QED) is 0.732. The van der Waals surface area contributed by atoms with Crippen LogP contribution in [-0.2, 0) is 14.8 Å². The van der Waals surface area contributed by atoms with Gasteiger partial charge in [-0.15, -0.1) is 0 Å². The van der Waals surface area contributed by atoms with Crippen molar-refractivity contribution in [3.8, 4) is 0 Å². The molecule has 1 aromatic carbocycles. The molecule has 6 nitrogen and oxygen atoms in total. The molecular formula is C11H14BrNO5S.